The number of aromatic hydroxyl groups is 1. The summed E-state index contributed by atoms with van der Waals surface area (Å²) in [4.78, 5) is 26.1. The fourth-order valence-electron chi connectivity index (χ4n) is 3.82. The normalized spacial score (nSPS) is 12.7. The molecule has 0 bridgehead atoms. The van der Waals surface area contributed by atoms with Crippen molar-refractivity contribution in [1.82, 2.24) is 10.7 Å². The second kappa shape index (κ2) is 12.4. The third-order valence-electron chi connectivity index (χ3n) is 5.80. The van der Waals surface area contributed by atoms with E-state index in [1.807, 2.05) is 54.6 Å². The maximum Gasteiger partial charge on any atom is 0.262 e. The second-order valence-corrected chi connectivity index (χ2v) is 9.38. The van der Waals surface area contributed by atoms with Gasteiger partial charge in [0.05, 0.1) is 11.2 Å². The lowest BCUT2D eigenvalue weighted by Gasteiger charge is -2.21. The largest absolute Gasteiger partial charge is 0.507 e. The third kappa shape index (κ3) is 6.82. The van der Waals surface area contributed by atoms with E-state index in [-0.39, 0.29) is 17.2 Å². The van der Waals surface area contributed by atoms with E-state index < -0.39 is 24.0 Å². The topological polar surface area (TPSA) is 100 Å². The first kappa shape index (κ1) is 27.0. The van der Waals surface area contributed by atoms with Crippen LogP contribution in [0.5, 0.6) is 11.5 Å². The van der Waals surface area contributed by atoms with Crippen molar-refractivity contribution in [2.75, 3.05) is 0 Å². The monoisotopic (exact) mass is 549 g/mol. The predicted octanol–water partition coefficient (Wildman–Crippen LogP) is 5.50. The highest BCUT2D eigenvalue weighted by atomic mass is 35.5. The van der Waals surface area contributed by atoms with E-state index >= 15 is 0 Å². The minimum atomic E-state index is -0.949. The molecule has 0 saturated heterocycles. The van der Waals surface area contributed by atoms with Crippen LogP contribution in [0.2, 0.25) is 10.0 Å². The summed E-state index contributed by atoms with van der Waals surface area (Å²) in [6.07, 6.45) is 0.656. The summed E-state index contributed by atoms with van der Waals surface area (Å²) < 4.78 is 5.69. The number of hydrazone groups is 1. The fourth-order valence-corrected chi connectivity index (χ4v) is 4.27. The van der Waals surface area contributed by atoms with Gasteiger partial charge in [-0.3, -0.25) is 9.59 Å². The van der Waals surface area contributed by atoms with Crippen LogP contribution in [0.25, 0.3) is 10.8 Å². The van der Waals surface area contributed by atoms with Crippen molar-refractivity contribution in [1.29, 1.82) is 0 Å². The fraction of sp³-hybridized carbons (Fsp3) is 0.138. The molecule has 0 radical (unpaired) electrons. The number of hydrogen-bond acceptors (Lipinski definition) is 5. The van der Waals surface area contributed by atoms with Crippen LogP contribution in [-0.2, 0) is 16.0 Å². The maximum atomic E-state index is 13.1. The first-order valence-electron chi connectivity index (χ1n) is 11.8. The summed E-state index contributed by atoms with van der Waals surface area (Å²) in [6, 6.07) is 23.9. The molecule has 4 rings (SSSR count). The van der Waals surface area contributed by atoms with Gasteiger partial charge in [-0.05, 0) is 47.5 Å². The number of carbonyl (C=O) groups excluding carboxylic acids is 2. The number of ether oxygens (including phenoxy) is 1. The minimum Gasteiger partial charge on any atom is -0.507 e. The van der Waals surface area contributed by atoms with Gasteiger partial charge in [-0.2, -0.15) is 5.10 Å². The van der Waals surface area contributed by atoms with Gasteiger partial charge in [-0.15, -0.1) is 0 Å². The molecule has 0 saturated carbocycles. The Morgan fingerprint density at radius 3 is 2.47 bits per heavy atom. The van der Waals surface area contributed by atoms with Crippen LogP contribution in [0, 0.1) is 0 Å². The zero-order valence-electron chi connectivity index (χ0n) is 20.4. The van der Waals surface area contributed by atoms with Crippen molar-refractivity contribution < 1.29 is 19.4 Å². The van der Waals surface area contributed by atoms with Gasteiger partial charge < -0.3 is 15.2 Å². The molecule has 0 heterocycles. The van der Waals surface area contributed by atoms with Gasteiger partial charge >= 0.3 is 0 Å². The number of nitrogens with zero attached hydrogens (tertiary/aromatic N) is 1. The van der Waals surface area contributed by atoms with Crippen molar-refractivity contribution in [3.05, 3.63) is 106 Å². The molecule has 3 N–H and O–H groups in total. The zero-order valence-corrected chi connectivity index (χ0v) is 21.9. The van der Waals surface area contributed by atoms with Crippen LogP contribution in [0.4, 0.5) is 0 Å². The second-order valence-electron chi connectivity index (χ2n) is 8.54. The lowest BCUT2D eigenvalue weighted by molar-refractivity contribution is -0.132. The Bertz CT molecular complexity index is 1480. The molecule has 0 fully saturated rings. The number of phenolic OH excluding ortho intramolecular Hbond substituents is 1. The SMILES string of the molecule is C[C@H](Oc1ccc(Cl)cc1Cl)C(=O)N[C@@H](Cc1ccccc1)C(=O)N/N=C\c1c(O)ccc2ccccc12. The minimum absolute atomic E-state index is 0.0303. The number of nitrogens with one attached hydrogen (secondary N) is 2. The van der Waals surface area contributed by atoms with Crippen molar-refractivity contribution >= 4 is 52.0 Å². The van der Waals surface area contributed by atoms with Crippen molar-refractivity contribution in [2.45, 2.75) is 25.5 Å². The standard InChI is InChI=1S/C29H25Cl2N3O4/c1-18(38-27-14-12-21(30)16-24(27)31)28(36)33-25(15-19-7-3-2-4-8-19)29(37)34-32-17-23-22-10-6-5-9-20(22)11-13-26(23)35/h2-14,16-18,25,35H,15H2,1H3,(H,33,36)(H,34,37)/b32-17-/t18-,25-/m0/s1. The summed E-state index contributed by atoms with van der Waals surface area (Å²) >= 11 is 12.1. The summed E-state index contributed by atoms with van der Waals surface area (Å²) in [7, 11) is 0. The number of fused-ring (bicyclic) bond motifs is 1. The molecule has 7 nitrogen and oxygen atoms in total. The Labute approximate surface area is 230 Å². The average molecular weight is 550 g/mol. The van der Waals surface area contributed by atoms with Gasteiger partial charge in [0.1, 0.15) is 17.5 Å². The van der Waals surface area contributed by atoms with Crippen LogP contribution in [0.3, 0.4) is 0 Å². The van der Waals surface area contributed by atoms with E-state index in [4.69, 9.17) is 27.9 Å². The molecule has 9 heteroatoms. The Balaban J connectivity index is 1.48. The number of hydrogen-bond donors (Lipinski definition) is 3. The van der Waals surface area contributed by atoms with Crippen LogP contribution in [0.15, 0.2) is 90.0 Å². The highest BCUT2D eigenvalue weighted by Crippen LogP contribution is 2.28. The van der Waals surface area contributed by atoms with E-state index in [0.29, 0.717) is 16.3 Å². The molecule has 0 unspecified atom stereocenters. The van der Waals surface area contributed by atoms with Crippen LogP contribution < -0.4 is 15.5 Å². The highest BCUT2D eigenvalue weighted by molar-refractivity contribution is 6.35. The molecule has 194 valence electrons. The Kier molecular flexibility index (Phi) is 8.84. The molecule has 2 amide bonds. The molecular formula is C29H25Cl2N3O4. The number of benzene rings is 4. The summed E-state index contributed by atoms with van der Waals surface area (Å²) in [5, 5.41) is 19.5. The van der Waals surface area contributed by atoms with Crippen molar-refractivity contribution in [3.8, 4) is 11.5 Å². The molecule has 2 atom stereocenters. The molecular weight excluding hydrogens is 525 g/mol. The highest BCUT2D eigenvalue weighted by Gasteiger charge is 2.25. The van der Waals surface area contributed by atoms with E-state index in [1.54, 1.807) is 31.2 Å². The lowest BCUT2D eigenvalue weighted by Crippen LogP contribution is -2.50. The predicted molar refractivity (Wildman–Crippen MR) is 150 cm³/mol. The van der Waals surface area contributed by atoms with Gasteiger partial charge in [0.2, 0.25) is 0 Å². The molecule has 0 aliphatic rings. The van der Waals surface area contributed by atoms with Gasteiger partial charge in [0.15, 0.2) is 6.10 Å². The van der Waals surface area contributed by atoms with Crippen LogP contribution >= 0.6 is 23.2 Å². The van der Waals surface area contributed by atoms with Gasteiger partial charge in [-0.25, -0.2) is 5.43 Å². The first-order valence-corrected chi connectivity index (χ1v) is 12.6. The average Bonchev–Trinajstić information content (AvgIpc) is 2.91. The molecule has 0 aliphatic heterocycles. The lowest BCUT2D eigenvalue weighted by atomic mass is 10.0. The van der Waals surface area contributed by atoms with E-state index in [9.17, 15) is 14.7 Å². The van der Waals surface area contributed by atoms with Gasteiger partial charge in [0, 0.05) is 17.0 Å². The Morgan fingerprint density at radius 2 is 1.71 bits per heavy atom. The quantitative estimate of drug-likeness (QED) is 0.189. The van der Waals surface area contributed by atoms with Gasteiger partial charge in [-0.1, -0.05) is 83.9 Å². The van der Waals surface area contributed by atoms with Crippen LogP contribution in [-0.4, -0.2) is 35.3 Å². The van der Waals surface area contributed by atoms with Crippen molar-refractivity contribution in [3.63, 3.8) is 0 Å². The van der Waals surface area contributed by atoms with Crippen LogP contribution in [0.1, 0.15) is 18.1 Å². The number of carbonyl (C=O) groups is 2. The van der Waals surface area contributed by atoms with E-state index in [2.05, 4.69) is 15.8 Å². The zero-order chi connectivity index (χ0) is 27.1. The smallest absolute Gasteiger partial charge is 0.262 e. The number of halogens is 2. The summed E-state index contributed by atoms with van der Waals surface area (Å²) in [5.74, 6) is -0.720. The van der Waals surface area contributed by atoms with E-state index in [0.717, 1.165) is 16.3 Å². The first-order chi connectivity index (χ1) is 18.3. The third-order valence-corrected chi connectivity index (χ3v) is 6.33. The molecule has 4 aromatic carbocycles. The number of phenols is 1. The summed E-state index contributed by atoms with van der Waals surface area (Å²) in [6.45, 7) is 1.55. The summed E-state index contributed by atoms with van der Waals surface area (Å²) in [5.41, 5.74) is 3.79. The van der Waals surface area contributed by atoms with Gasteiger partial charge in [0.25, 0.3) is 11.8 Å². The van der Waals surface area contributed by atoms with Crippen molar-refractivity contribution in [2.24, 2.45) is 5.10 Å². The maximum absolute atomic E-state index is 13.1. The molecule has 0 aliphatic carbocycles. The Hall–Kier alpha value is -4.07. The number of amides is 2. The molecule has 0 aromatic heterocycles. The van der Waals surface area contributed by atoms with E-state index in [1.165, 1.54) is 12.3 Å². The Morgan fingerprint density at radius 1 is 0.974 bits per heavy atom. The number of rotatable bonds is 9. The molecule has 38 heavy (non-hydrogen) atoms. The molecule has 4 aromatic rings. The molecule has 0 spiro atoms.